The van der Waals surface area contributed by atoms with Gasteiger partial charge in [-0.1, -0.05) is 0 Å². The molecule has 0 saturated carbocycles. The van der Waals surface area contributed by atoms with Crippen LogP contribution >= 0.6 is 11.3 Å². The van der Waals surface area contributed by atoms with E-state index in [1.54, 1.807) is 18.9 Å². The van der Waals surface area contributed by atoms with Crippen LogP contribution in [0.5, 0.6) is 0 Å². The first-order valence-electron chi connectivity index (χ1n) is 6.24. The number of carbonyl (C=O) groups is 1. The van der Waals surface area contributed by atoms with Gasteiger partial charge in [-0.2, -0.15) is 0 Å². The molecule has 1 unspecified atom stereocenters. The molecule has 0 bridgehead atoms. The molecule has 1 N–H and O–H groups in total. The molecule has 0 aliphatic heterocycles. The van der Waals surface area contributed by atoms with Crippen molar-refractivity contribution in [3.63, 3.8) is 0 Å². The molecule has 102 valence electrons. The van der Waals surface area contributed by atoms with E-state index in [1.807, 2.05) is 40.5 Å². The maximum absolute atomic E-state index is 12.4. The fraction of sp³-hybridized carbons (Fsp3) is 0.357. The highest BCUT2D eigenvalue weighted by atomic mass is 32.1. The number of aliphatic hydroxyl groups is 1. The van der Waals surface area contributed by atoms with Crippen LogP contribution in [-0.2, 0) is 0 Å². The van der Waals surface area contributed by atoms with Crippen LogP contribution in [-0.4, -0.2) is 40.2 Å². The molecule has 4 nitrogen and oxygen atoms in total. The minimum atomic E-state index is -0.387. The first-order chi connectivity index (χ1) is 9.09. The summed E-state index contributed by atoms with van der Waals surface area (Å²) in [4.78, 5) is 14.8. The Balaban J connectivity index is 2.14. The van der Waals surface area contributed by atoms with E-state index in [2.05, 4.69) is 0 Å². The van der Waals surface area contributed by atoms with Gasteiger partial charge in [0.2, 0.25) is 0 Å². The summed E-state index contributed by atoms with van der Waals surface area (Å²) in [6, 6.07) is 5.81. The average molecular weight is 278 g/mol. The van der Waals surface area contributed by atoms with E-state index in [0.29, 0.717) is 13.0 Å². The fourth-order valence-corrected chi connectivity index (χ4v) is 2.70. The third-order valence-electron chi connectivity index (χ3n) is 2.95. The van der Waals surface area contributed by atoms with Crippen molar-refractivity contribution in [1.82, 2.24) is 9.47 Å². The molecule has 0 spiro atoms. The van der Waals surface area contributed by atoms with E-state index < -0.39 is 0 Å². The van der Waals surface area contributed by atoms with Crippen molar-refractivity contribution in [2.45, 2.75) is 19.4 Å². The summed E-state index contributed by atoms with van der Waals surface area (Å²) in [5.74, 6) is -0.000602. The second-order valence-corrected chi connectivity index (χ2v) is 5.51. The fourth-order valence-electron chi connectivity index (χ4n) is 1.82. The minimum Gasteiger partial charge on any atom is -0.393 e. The van der Waals surface area contributed by atoms with Gasteiger partial charge in [0.05, 0.1) is 11.8 Å². The zero-order valence-electron chi connectivity index (χ0n) is 11.1. The van der Waals surface area contributed by atoms with Crippen LogP contribution in [0, 0.1) is 0 Å². The molecule has 2 rings (SSSR count). The summed E-state index contributed by atoms with van der Waals surface area (Å²) in [5.41, 5.74) is 0.906. The number of amides is 1. The smallest absolute Gasteiger partial charge is 0.265 e. The highest BCUT2D eigenvalue weighted by Gasteiger charge is 2.18. The van der Waals surface area contributed by atoms with E-state index in [1.165, 1.54) is 11.3 Å². The van der Waals surface area contributed by atoms with E-state index >= 15 is 0 Å². The Bertz CT molecular complexity index is 531. The van der Waals surface area contributed by atoms with Gasteiger partial charge < -0.3 is 14.6 Å². The number of aromatic nitrogens is 1. The van der Waals surface area contributed by atoms with E-state index in [9.17, 15) is 9.90 Å². The van der Waals surface area contributed by atoms with E-state index in [0.717, 1.165) is 10.6 Å². The number of rotatable bonds is 5. The first kappa shape index (κ1) is 13.8. The SMILES string of the molecule is CC(O)CCN(C)C(=O)c1sccc1-n1cccc1. The van der Waals surface area contributed by atoms with Crippen molar-refractivity contribution in [3.05, 3.63) is 40.8 Å². The zero-order valence-corrected chi connectivity index (χ0v) is 11.9. The van der Waals surface area contributed by atoms with Crippen molar-refractivity contribution in [2.24, 2.45) is 0 Å². The lowest BCUT2D eigenvalue weighted by atomic mass is 10.2. The predicted octanol–water partition coefficient (Wildman–Crippen LogP) is 2.38. The highest BCUT2D eigenvalue weighted by Crippen LogP contribution is 2.22. The lowest BCUT2D eigenvalue weighted by Crippen LogP contribution is -2.29. The third kappa shape index (κ3) is 3.24. The maximum Gasteiger partial charge on any atom is 0.265 e. The maximum atomic E-state index is 12.4. The third-order valence-corrected chi connectivity index (χ3v) is 3.84. The Kier molecular flexibility index (Phi) is 4.39. The van der Waals surface area contributed by atoms with Gasteiger partial charge in [0.25, 0.3) is 5.91 Å². The topological polar surface area (TPSA) is 45.5 Å². The van der Waals surface area contributed by atoms with Gasteiger partial charge in [0.1, 0.15) is 4.88 Å². The molecule has 0 aliphatic rings. The quantitative estimate of drug-likeness (QED) is 0.912. The molecule has 1 atom stereocenters. The second kappa shape index (κ2) is 6.04. The van der Waals surface area contributed by atoms with E-state index in [-0.39, 0.29) is 12.0 Å². The molecule has 5 heteroatoms. The number of carbonyl (C=O) groups excluding carboxylic acids is 1. The van der Waals surface area contributed by atoms with Gasteiger partial charge in [-0.25, -0.2) is 0 Å². The van der Waals surface area contributed by atoms with Crippen molar-refractivity contribution >= 4 is 17.2 Å². The number of hydrogen-bond acceptors (Lipinski definition) is 3. The number of aliphatic hydroxyl groups excluding tert-OH is 1. The van der Waals surface area contributed by atoms with Crippen LogP contribution in [0.15, 0.2) is 36.0 Å². The summed E-state index contributed by atoms with van der Waals surface area (Å²) < 4.78 is 1.94. The second-order valence-electron chi connectivity index (χ2n) is 4.59. The van der Waals surface area contributed by atoms with Gasteiger partial charge in [0, 0.05) is 26.0 Å². The molecule has 2 heterocycles. The van der Waals surface area contributed by atoms with Crippen molar-refractivity contribution in [1.29, 1.82) is 0 Å². The van der Waals surface area contributed by atoms with Crippen LogP contribution < -0.4 is 0 Å². The number of thiophene rings is 1. The molecule has 0 fully saturated rings. The predicted molar refractivity (Wildman–Crippen MR) is 76.9 cm³/mol. The van der Waals surface area contributed by atoms with Gasteiger partial charge in [-0.05, 0) is 36.9 Å². The molecule has 0 radical (unpaired) electrons. The molecule has 2 aromatic heterocycles. The van der Waals surface area contributed by atoms with Crippen LogP contribution in [0.3, 0.4) is 0 Å². The number of nitrogens with zero attached hydrogens (tertiary/aromatic N) is 2. The Labute approximate surface area is 116 Å². The largest absolute Gasteiger partial charge is 0.393 e. The van der Waals surface area contributed by atoms with Crippen molar-refractivity contribution in [3.8, 4) is 5.69 Å². The lowest BCUT2D eigenvalue weighted by Gasteiger charge is -2.18. The summed E-state index contributed by atoms with van der Waals surface area (Å²) in [5, 5.41) is 11.2. The zero-order chi connectivity index (χ0) is 13.8. The van der Waals surface area contributed by atoms with Crippen molar-refractivity contribution in [2.75, 3.05) is 13.6 Å². The molecular weight excluding hydrogens is 260 g/mol. The van der Waals surface area contributed by atoms with Gasteiger partial charge in [-0.3, -0.25) is 4.79 Å². The Hall–Kier alpha value is -1.59. The normalized spacial score (nSPS) is 12.4. The Morgan fingerprint density at radius 2 is 2.16 bits per heavy atom. The molecule has 19 heavy (non-hydrogen) atoms. The Morgan fingerprint density at radius 3 is 2.79 bits per heavy atom. The lowest BCUT2D eigenvalue weighted by molar-refractivity contribution is 0.0773. The van der Waals surface area contributed by atoms with Crippen LogP contribution in [0.25, 0.3) is 5.69 Å². The first-order valence-corrected chi connectivity index (χ1v) is 7.12. The summed E-state index contributed by atoms with van der Waals surface area (Å²) in [6.07, 6.45) is 4.05. The van der Waals surface area contributed by atoms with Crippen LogP contribution in [0.1, 0.15) is 23.0 Å². The highest BCUT2D eigenvalue weighted by molar-refractivity contribution is 7.12. The molecule has 2 aromatic rings. The van der Waals surface area contributed by atoms with Gasteiger partial charge in [0.15, 0.2) is 0 Å². The van der Waals surface area contributed by atoms with E-state index in [4.69, 9.17) is 0 Å². The summed E-state index contributed by atoms with van der Waals surface area (Å²) in [6.45, 7) is 2.29. The molecule has 1 amide bonds. The number of hydrogen-bond donors (Lipinski definition) is 1. The van der Waals surface area contributed by atoms with Crippen LogP contribution in [0.2, 0.25) is 0 Å². The molecule has 0 aromatic carbocycles. The van der Waals surface area contributed by atoms with Crippen molar-refractivity contribution < 1.29 is 9.90 Å². The Morgan fingerprint density at radius 1 is 1.47 bits per heavy atom. The van der Waals surface area contributed by atoms with Crippen LogP contribution in [0.4, 0.5) is 0 Å². The minimum absolute atomic E-state index is 0.000602. The standard InChI is InChI=1S/C14H18N2O2S/c1-11(17)5-9-15(2)14(18)13-12(6-10-19-13)16-7-3-4-8-16/h3-4,6-8,10-11,17H,5,9H2,1-2H3. The van der Waals surface area contributed by atoms with Gasteiger partial charge in [-0.15, -0.1) is 11.3 Å². The summed E-state index contributed by atoms with van der Waals surface area (Å²) in [7, 11) is 1.77. The molecule has 0 aliphatic carbocycles. The molecular formula is C14H18N2O2S. The monoisotopic (exact) mass is 278 g/mol. The summed E-state index contributed by atoms with van der Waals surface area (Å²) >= 11 is 1.44. The average Bonchev–Trinajstić information content (AvgIpc) is 3.03. The van der Waals surface area contributed by atoms with Gasteiger partial charge >= 0.3 is 0 Å². The molecule has 0 saturated heterocycles.